The Morgan fingerprint density at radius 1 is 1.46 bits per heavy atom. The topological polar surface area (TPSA) is 94.0 Å². The monoisotopic (exact) mass is 337 g/mol. The average molecular weight is 337 g/mol. The van der Waals surface area contributed by atoms with Gasteiger partial charge in [-0.25, -0.2) is 4.39 Å². The Balaban J connectivity index is 1.83. The first-order valence-electron chi connectivity index (χ1n) is 7.89. The number of pyridine rings is 1. The number of anilines is 1. The maximum absolute atomic E-state index is 14.1. The third kappa shape index (κ3) is 2.50. The smallest absolute Gasteiger partial charge is 0.309 e. The second-order valence-electron chi connectivity index (χ2n) is 6.42. The highest BCUT2D eigenvalue weighted by Crippen LogP contribution is 2.43. The summed E-state index contributed by atoms with van der Waals surface area (Å²) in [6.07, 6.45) is 2.02. The van der Waals surface area contributed by atoms with Gasteiger partial charge >= 0.3 is 5.97 Å². The highest BCUT2D eigenvalue weighted by molar-refractivity contribution is 5.88. The number of amides is 1. The number of nitrogens with zero attached hydrogens (tertiary/aromatic N) is 3. The van der Waals surface area contributed by atoms with Gasteiger partial charge in [-0.3, -0.25) is 14.6 Å². The van der Waals surface area contributed by atoms with Crippen LogP contribution in [0.25, 0.3) is 0 Å². The molecular weight excluding hydrogens is 317 g/mol. The fourth-order valence-corrected chi connectivity index (χ4v) is 3.92. The van der Waals surface area contributed by atoms with Crippen molar-refractivity contribution in [3.63, 3.8) is 0 Å². The van der Waals surface area contributed by atoms with Gasteiger partial charge in [0.2, 0.25) is 5.91 Å². The molecule has 1 spiro atoms. The molecule has 1 aromatic heterocycles. The summed E-state index contributed by atoms with van der Waals surface area (Å²) >= 11 is 0. The van der Waals surface area contributed by atoms with Crippen LogP contribution in [0.5, 0.6) is 0 Å². The van der Waals surface area contributed by atoms with E-state index in [1.54, 1.807) is 11.9 Å². The molecular formula is C16H20FN3O4. The van der Waals surface area contributed by atoms with Crippen molar-refractivity contribution in [1.29, 1.82) is 0 Å². The van der Waals surface area contributed by atoms with Gasteiger partial charge in [0.05, 0.1) is 35.6 Å². The van der Waals surface area contributed by atoms with Gasteiger partial charge in [0.15, 0.2) is 5.82 Å². The standard InChI is InChI=1S/C16H20FN3O4/c1-19-14(22)7-11(15(23)24)16(19)2-4-20(5-3-16)13-6-10(9-21)18-8-12(13)17/h6,8,11,21H,2-5,7,9H2,1H3,(H,23,24)/t11-/m1/s1. The van der Waals surface area contributed by atoms with E-state index in [4.69, 9.17) is 5.11 Å². The zero-order valence-electron chi connectivity index (χ0n) is 13.4. The predicted molar refractivity (Wildman–Crippen MR) is 82.8 cm³/mol. The zero-order chi connectivity index (χ0) is 17.5. The van der Waals surface area contributed by atoms with Gasteiger partial charge in [-0.05, 0) is 18.9 Å². The number of aliphatic hydroxyl groups is 1. The first-order chi connectivity index (χ1) is 11.4. The third-order valence-electron chi connectivity index (χ3n) is 5.39. The molecule has 2 aliphatic rings. The van der Waals surface area contributed by atoms with E-state index in [9.17, 15) is 19.1 Å². The van der Waals surface area contributed by atoms with Crippen molar-refractivity contribution in [3.05, 3.63) is 23.8 Å². The van der Waals surface area contributed by atoms with Crippen molar-refractivity contribution in [2.24, 2.45) is 5.92 Å². The Morgan fingerprint density at radius 3 is 2.71 bits per heavy atom. The Morgan fingerprint density at radius 2 is 2.12 bits per heavy atom. The normalized spacial score (nSPS) is 23.1. The second kappa shape index (κ2) is 6.01. The summed E-state index contributed by atoms with van der Waals surface area (Å²) in [4.78, 5) is 30.7. The van der Waals surface area contributed by atoms with E-state index in [-0.39, 0.29) is 18.9 Å². The number of carbonyl (C=O) groups is 2. The minimum absolute atomic E-state index is 0.0180. The minimum Gasteiger partial charge on any atom is -0.481 e. The van der Waals surface area contributed by atoms with Gasteiger partial charge in [0.1, 0.15) is 0 Å². The number of aliphatic hydroxyl groups excluding tert-OH is 1. The van der Waals surface area contributed by atoms with Crippen LogP contribution >= 0.6 is 0 Å². The SMILES string of the molecule is CN1C(=O)C[C@H](C(=O)O)C12CCN(c1cc(CO)ncc1F)CC2. The van der Waals surface area contributed by atoms with Crippen LogP contribution < -0.4 is 4.90 Å². The van der Waals surface area contributed by atoms with E-state index < -0.39 is 23.2 Å². The average Bonchev–Trinajstić information content (AvgIpc) is 2.82. The van der Waals surface area contributed by atoms with E-state index in [0.717, 1.165) is 6.20 Å². The van der Waals surface area contributed by atoms with Crippen LogP contribution in [0.2, 0.25) is 0 Å². The lowest BCUT2D eigenvalue weighted by Crippen LogP contribution is -2.56. The highest BCUT2D eigenvalue weighted by atomic mass is 19.1. The maximum Gasteiger partial charge on any atom is 0.309 e. The van der Waals surface area contributed by atoms with Crippen molar-refractivity contribution in [2.45, 2.75) is 31.4 Å². The summed E-state index contributed by atoms with van der Waals surface area (Å²) < 4.78 is 14.1. The van der Waals surface area contributed by atoms with E-state index in [0.29, 0.717) is 37.3 Å². The molecule has 0 unspecified atom stereocenters. The molecule has 7 nitrogen and oxygen atoms in total. The number of carboxylic acid groups (broad SMARTS) is 1. The van der Waals surface area contributed by atoms with Crippen LogP contribution in [-0.2, 0) is 16.2 Å². The van der Waals surface area contributed by atoms with Crippen LogP contribution in [-0.4, -0.2) is 57.6 Å². The number of likely N-dealkylation sites (tertiary alicyclic amines) is 1. The lowest BCUT2D eigenvalue weighted by Gasteiger charge is -2.46. The molecule has 2 aliphatic heterocycles. The Labute approximate surface area is 138 Å². The summed E-state index contributed by atoms with van der Waals surface area (Å²) in [5, 5.41) is 18.6. The molecule has 0 bridgehead atoms. The molecule has 0 aromatic carbocycles. The zero-order valence-corrected chi connectivity index (χ0v) is 13.4. The third-order valence-corrected chi connectivity index (χ3v) is 5.39. The molecule has 1 aromatic rings. The van der Waals surface area contributed by atoms with Crippen LogP contribution in [0.3, 0.4) is 0 Å². The minimum atomic E-state index is -0.959. The fourth-order valence-electron chi connectivity index (χ4n) is 3.92. The van der Waals surface area contributed by atoms with Gasteiger partial charge in [0, 0.05) is 26.6 Å². The summed E-state index contributed by atoms with van der Waals surface area (Å²) in [6, 6.07) is 1.51. The summed E-state index contributed by atoms with van der Waals surface area (Å²) in [6.45, 7) is 0.601. The number of carboxylic acids is 1. The summed E-state index contributed by atoms with van der Waals surface area (Å²) in [5.74, 6) is -2.33. The molecule has 3 heterocycles. The van der Waals surface area contributed by atoms with Gasteiger partial charge in [-0.15, -0.1) is 0 Å². The Kier molecular flexibility index (Phi) is 4.16. The van der Waals surface area contributed by atoms with Crippen molar-refractivity contribution in [2.75, 3.05) is 25.0 Å². The lowest BCUT2D eigenvalue weighted by atomic mass is 9.77. The lowest BCUT2D eigenvalue weighted by molar-refractivity contribution is -0.145. The molecule has 2 saturated heterocycles. The molecule has 8 heteroatoms. The molecule has 1 atom stereocenters. The number of hydrogen-bond acceptors (Lipinski definition) is 5. The van der Waals surface area contributed by atoms with Crippen LogP contribution in [0.4, 0.5) is 10.1 Å². The number of rotatable bonds is 3. The van der Waals surface area contributed by atoms with Crippen molar-refractivity contribution in [3.8, 4) is 0 Å². The molecule has 3 rings (SSSR count). The van der Waals surface area contributed by atoms with Crippen LogP contribution in [0.15, 0.2) is 12.3 Å². The first-order valence-corrected chi connectivity index (χ1v) is 7.89. The predicted octanol–water partition coefficient (Wildman–Crippen LogP) is 0.615. The molecule has 24 heavy (non-hydrogen) atoms. The Hall–Kier alpha value is -2.22. The first kappa shape index (κ1) is 16.6. The maximum atomic E-state index is 14.1. The number of carbonyl (C=O) groups excluding carboxylic acids is 1. The van der Waals surface area contributed by atoms with Gasteiger partial charge in [-0.1, -0.05) is 0 Å². The molecule has 2 N–H and O–H groups in total. The van der Waals surface area contributed by atoms with Gasteiger partial charge < -0.3 is 20.0 Å². The van der Waals surface area contributed by atoms with Crippen molar-refractivity contribution in [1.82, 2.24) is 9.88 Å². The fraction of sp³-hybridized carbons (Fsp3) is 0.562. The molecule has 2 fully saturated rings. The van der Waals surface area contributed by atoms with Gasteiger partial charge in [-0.2, -0.15) is 0 Å². The van der Waals surface area contributed by atoms with E-state index in [1.807, 2.05) is 4.90 Å². The van der Waals surface area contributed by atoms with E-state index in [2.05, 4.69) is 4.98 Å². The number of piperidine rings is 1. The molecule has 0 aliphatic carbocycles. The highest BCUT2D eigenvalue weighted by Gasteiger charge is 2.55. The number of hydrogen-bond donors (Lipinski definition) is 2. The quantitative estimate of drug-likeness (QED) is 0.840. The summed E-state index contributed by atoms with van der Waals surface area (Å²) in [5.41, 5.74) is 0.0222. The molecule has 0 radical (unpaired) electrons. The summed E-state index contributed by atoms with van der Waals surface area (Å²) in [7, 11) is 1.65. The van der Waals surface area contributed by atoms with Crippen molar-refractivity contribution >= 4 is 17.6 Å². The van der Waals surface area contributed by atoms with Crippen LogP contribution in [0, 0.1) is 11.7 Å². The van der Waals surface area contributed by atoms with E-state index in [1.165, 1.54) is 6.07 Å². The number of aromatic nitrogens is 1. The number of halogens is 1. The van der Waals surface area contributed by atoms with Crippen LogP contribution in [0.1, 0.15) is 25.0 Å². The Bertz CT molecular complexity index is 673. The largest absolute Gasteiger partial charge is 0.481 e. The molecule has 1 amide bonds. The second-order valence-corrected chi connectivity index (χ2v) is 6.42. The van der Waals surface area contributed by atoms with E-state index >= 15 is 0 Å². The van der Waals surface area contributed by atoms with Crippen molar-refractivity contribution < 1.29 is 24.2 Å². The molecule has 130 valence electrons. The molecule has 0 saturated carbocycles. The van der Waals surface area contributed by atoms with Gasteiger partial charge in [0.25, 0.3) is 0 Å². The number of aliphatic carboxylic acids is 1.